The summed E-state index contributed by atoms with van der Waals surface area (Å²) in [5, 5.41) is 0. The zero-order valence-corrected chi connectivity index (χ0v) is 14.2. The Bertz CT molecular complexity index is 155. The van der Waals surface area contributed by atoms with Crippen LogP contribution in [0.1, 0.15) is 39.5 Å². The van der Waals surface area contributed by atoms with Crippen molar-refractivity contribution in [2.45, 2.75) is 39.5 Å². The molecule has 0 atom stereocenters. The molecule has 0 saturated carbocycles. The monoisotopic (exact) mass is 264 g/mol. The molecule has 0 spiro atoms. The first-order valence-electron chi connectivity index (χ1n) is 4.72. The molecule has 14 heavy (non-hydrogen) atoms. The second kappa shape index (κ2) is 11.6. The van der Waals surface area contributed by atoms with E-state index < -0.39 is 6.72 Å². The molecule has 0 heterocycles. The molecule has 0 rings (SSSR count). The van der Waals surface area contributed by atoms with Crippen molar-refractivity contribution in [3.8, 4) is 0 Å². The number of hydrogen-bond donors (Lipinski definition) is 0. The molecule has 0 aromatic carbocycles. The topological polar surface area (TPSA) is 41.5 Å². The Morgan fingerprint density at radius 2 is 1.43 bits per heavy atom. The van der Waals surface area contributed by atoms with E-state index in [1.54, 1.807) is 0 Å². The van der Waals surface area contributed by atoms with Gasteiger partial charge in [0.15, 0.2) is 0 Å². The summed E-state index contributed by atoms with van der Waals surface area (Å²) < 4.78 is 9.93. The van der Waals surface area contributed by atoms with Gasteiger partial charge in [-0.05, 0) is 12.8 Å². The summed E-state index contributed by atoms with van der Waals surface area (Å²) >= 11 is 4.68. The van der Waals surface area contributed by atoms with Crippen molar-refractivity contribution >= 4 is 18.5 Å². The van der Waals surface area contributed by atoms with Gasteiger partial charge in [-0.25, -0.2) is 0 Å². The molecule has 0 aromatic rings. The smallest absolute Gasteiger partial charge is 0.780 e. The van der Waals surface area contributed by atoms with Gasteiger partial charge < -0.3 is 13.9 Å². The average Bonchev–Trinajstić information content (AvgIpc) is 2.05. The van der Waals surface area contributed by atoms with Gasteiger partial charge >= 0.3 is 51.4 Å². The van der Waals surface area contributed by atoms with Gasteiger partial charge in [-0.1, -0.05) is 38.5 Å². The van der Waals surface area contributed by atoms with Gasteiger partial charge in [0.1, 0.15) is 6.72 Å². The van der Waals surface area contributed by atoms with Crippen molar-refractivity contribution in [3.05, 3.63) is 0 Å². The fraction of sp³-hybridized carbons (Fsp3) is 1.00. The molecule has 0 saturated heterocycles. The average molecular weight is 264 g/mol. The zero-order chi connectivity index (χ0) is 10.2. The van der Waals surface area contributed by atoms with Crippen LogP contribution in [-0.2, 0) is 20.9 Å². The van der Waals surface area contributed by atoms with Crippen molar-refractivity contribution in [1.82, 2.24) is 0 Å². The third-order valence-corrected chi connectivity index (χ3v) is 3.12. The minimum Gasteiger partial charge on any atom is -0.780 e. The van der Waals surface area contributed by atoms with Crippen molar-refractivity contribution in [1.29, 1.82) is 0 Å². The van der Waals surface area contributed by atoms with Crippen molar-refractivity contribution in [3.63, 3.8) is 0 Å². The zero-order valence-electron chi connectivity index (χ0n) is 9.32. The molecule has 0 radical (unpaired) electrons. The Morgan fingerprint density at radius 1 is 1.07 bits per heavy atom. The minimum atomic E-state index is -3.17. The first-order chi connectivity index (χ1) is 6.12. The molecule has 0 fully saturated rings. The van der Waals surface area contributed by atoms with E-state index in [1.165, 1.54) is 0 Å². The molecule has 3 nitrogen and oxygen atoms in total. The fourth-order valence-corrected chi connectivity index (χ4v) is 1.91. The van der Waals surface area contributed by atoms with E-state index >= 15 is 0 Å². The molecule has 0 amide bonds. The number of unbranched alkanes of at least 4 members (excludes halogenated alkanes) is 2. The van der Waals surface area contributed by atoms with Gasteiger partial charge in [0, 0.05) is 0 Å². The van der Waals surface area contributed by atoms with Gasteiger partial charge in [0.2, 0.25) is 0 Å². The van der Waals surface area contributed by atoms with Gasteiger partial charge in [-0.15, -0.1) is 0 Å². The van der Waals surface area contributed by atoms with Gasteiger partial charge in [0.05, 0.1) is 13.2 Å². The Hall–Kier alpha value is 2.17. The summed E-state index contributed by atoms with van der Waals surface area (Å²) in [5.41, 5.74) is 0. The van der Waals surface area contributed by atoms with E-state index in [0.29, 0.717) is 13.2 Å². The van der Waals surface area contributed by atoms with Crippen LogP contribution < -0.4 is 56.3 Å². The summed E-state index contributed by atoms with van der Waals surface area (Å²) in [7, 11) is 0. The molecule has 0 aromatic heterocycles. The third-order valence-electron chi connectivity index (χ3n) is 1.49. The predicted octanol–water partition coefficient (Wildman–Crippen LogP) is -0.791. The Balaban J connectivity index is 0. The first-order valence-corrected chi connectivity index (χ1v) is 7.28. The quantitative estimate of drug-likeness (QED) is 0.327. The summed E-state index contributed by atoms with van der Waals surface area (Å²) in [6.45, 7) is 1.77. The Labute approximate surface area is 135 Å². The summed E-state index contributed by atoms with van der Waals surface area (Å²) in [5.74, 6) is 0. The van der Waals surface area contributed by atoms with E-state index in [-0.39, 0.29) is 51.4 Å². The second-order valence-electron chi connectivity index (χ2n) is 2.82. The van der Waals surface area contributed by atoms with E-state index in [2.05, 4.69) is 11.8 Å². The SMILES string of the molecule is CCCCOP([O-])(=S)OCCCC.[K+]. The van der Waals surface area contributed by atoms with Crippen LogP contribution in [0.15, 0.2) is 0 Å². The normalized spacial score (nSPS) is 11.1. The van der Waals surface area contributed by atoms with Gasteiger partial charge in [-0.3, -0.25) is 0 Å². The van der Waals surface area contributed by atoms with Gasteiger partial charge in [0.25, 0.3) is 0 Å². The van der Waals surface area contributed by atoms with Crippen molar-refractivity contribution < 1.29 is 65.3 Å². The van der Waals surface area contributed by atoms with Crippen LogP contribution in [0.3, 0.4) is 0 Å². The molecule has 80 valence electrons. The van der Waals surface area contributed by atoms with Crippen molar-refractivity contribution in [2.24, 2.45) is 0 Å². The molecule has 0 aliphatic carbocycles. The Kier molecular flexibility index (Phi) is 15.4. The fourth-order valence-electron chi connectivity index (χ4n) is 0.679. The molecule has 0 aliphatic rings. The van der Waals surface area contributed by atoms with Crippen LogP contribution in [0.2, 0.25) is 0 Å². The molecule has 0 unspecified atom stereocenters. The van der Waals surface area contributed by atoms with Crippen LogP contribution in [0, 0.1) is 0 Å². The minimum absolute atomic E-state index is 0. The largest absolute Gasteiger partial charge is 1.00 e. The van der Waals surface area contributed by atoms with E-state index in [4.69, 9.17) is 9.05 Å². The van der Waals surface area contributed by atoms with Crippen molar-refractivity contribution in [2.75, 3.05) is 13.2 Å². The van der Waals surface area contributed by atoms with Crippen LogP contribution in [0.4, 0.5) is 0 Å². The summed E-state index contributed by atoms with van der Waals surface area (Å²) in [6.07, 6.45) is 3.75. The molecule has 6 heteroatoms. The number of hydrogen-bond acceptors (Lipinski definition) is 4. The second-order valence-corrected chi connectivity index (χ2v) is 5.57. The van der Waals surface area contributed by atoms with E-state index in [9.17, 15) is 4.89 Å². The Morgan fingerprint density at radius 3 is 1.71 bits per heavy atom. The first kappa shape index (κ1) is 18.5. The van der Waals surface area contributed by atoms with Crippen LogP contribution in [0.25, 0.3) is 0 Å². The van der Waals surface area contributed by atoms with E-state index in [1.807, 2.05) is 13.8 Å². The summed E-state index contributed by atoms with van der Waals surface area (Å²) in [4.78, 5) is 11.3. The molecular weight excluding hydrogens is 246 g/mol. The molecular formula is C8H18KO3PS. The van der Waals surface area contributed by atoms with Crippen LogP contribution in [0.5, 0.6) is 0 Å². The maximum absolute atomic E-state index is 11.3. The van der Waals surface area contributed by atoms with Gasteiger partial charge in [-0.2, -0.15) is 0 Å². The van der Waals surface area contributed by atoms with Crippen LogP contribution in [-0.4, -0.2) is 13.2 Å². The molecule has 0 aliphatic heterocycles. The predicted molar refractivity (Wildman–Crippen MR) is 56.0 cm³/mol. The standard InChI is InChI=1S/C8H19O3PS.K/c1-3-5-7-10-12(9,13)11-8-6-4-2;/h3-8H2,1-2H3,(H,9,13);/q;+1/p-1. The third kappa shape index (κ3) is 12.2. The molecule has 0 N–H and O–H groups in total. The van der Waals surface area contributed by atoms with E-state index in [0.717, 1.165) is 25.7 Å². The maximum Gasteiger partial charge on any atom is 1.00 e. The summed E-state index contributed by atoms with van der Waals surface area (Å²) in [6, 6.07) is 0. The van der Waals surface area contributed by atoms with Crippen LogP contribution >= 0.6 is 6.72 Å². The maximum atomic E-state index is 11.3. The number of rotatable bonds is 8. The molecule has 0 bridgehead atoms.